The number of nitrogens with two attached hydrogens (primary N) is 1. The van der Waals surface area contributed by atoms with Gasteiger partial charge in [0, 0.05) is 29.6 Å². The molecule has 1 amide bonds. The van der Waals surface area contributed by atoms with Gasteiger partial charge < -0.3 is 5.73 Å². The highest BCUT2D eigenvalue weighted by Crippen LogP contribution is 2.21. The number of rotatable bonds is 1. The summed E-state index contributed by atoms with van der Waals surface area (Å²) < 4.78 is 2.03. The molecule has 0 radical (unpaired) electrons. The maximum absolute atomic E-state index is 11.1. The van der Waals surface area contributed by atoms with E-state index >= 15 is 0 Å². The fourth-order valence-electron chi connectivity index (χ4n) is 1.95. The fraction of sp³-hybridized carbons (Fsp3) is 0.0909. The lowest BCUT2D eigenvalue weighted by Crippen LogP contribution is -2.18. The quantitative estimate of drug-likeness (QED) is 0.857. The van der Waals surface area contributed by atoms with Gasteiger partial charge in [-0.05, 0) is 18.2 Å². The average Bonchev–Trinajstić information content (AvgIpc) is 2.64. The van der Waals surface area contributed by atoms with Gasteiger partial charge in [-0.3, -0.25) is 9.20 Å². The molecule has 0 saturated carbocycles. The second-order valence-electron chi connectivity index (χ2n) is 3.60. The second-order valence-corrected chi connectivity index (χ2v) is 3.60. The number of carbonyl (C=O) groups is 1. The minimum Gasteiger partial charge on any atom is -0.366 e. The van der Waals surface area contributed by atoms with Crippen molar-refractivity contribution in [2.24, 2.45) is 5.73 Å². The summed E-state index contributed by atoms with van der Waals surface area (Å²) in [4.78, 5) is 15.4. The van der Waals surface area contributed by atoms with E-state index in [-0.39, 0.29) is 30.7 Å². The first kappa shape index (κ1) is 13.5. The zero-order chi connectivity index (χ0) is 10.4. The van der Waals surface area contributed by atoms with Gasteiger partial charge in [0.1, 0.15) is 5.65 Å². The van der Waals surface area contributed by atoms with Crippen molar-refractivity contribution in [2.45, 2.75) is 6.42 Å². The highest BCUT2D eigenvalue weighted by molar-refractivity contribution is 5.97. The number of aromatic nitrogens is 2. The summed E-state index contributed by atoms with van der Waals surface area (Å²) in [5.41, 5.74) is 8.79. The van der Waals surface area contributed by atoms with Crippen LogP contribution in [-0.4, -0.2) is 15.3 Å². The van der Waals surface area contributed by atoms with E-state index in [0.29, 0.717) is 12.0 Å². The summed E-state index contributed by atoms with van der Waals surface area (Å²) in [5.74, 6) is -0.362. The molecule has 1 aliphatic rings. The van der Waals surface area contributed by atoms with Gasteiger partial charge in [0.15, 0.2) is 0 Å². The molecule has 1 aliphatic heterocycles. The Hall–Kier alpha value is -1.52. The Kier molecular flexibility index (Phi) is 3.80. The SMILES string of the molecule is Cl.Cl.NC(=O)C1=Cc2cccc3ncc(n23)C1. The zero-order valence-corrected chi connectivity index (χ0v) is 10.4. The van der Waals surface area contributed by atoms with Crippen molar-refractivity contribution in [1.29, 1.82) is 0 Å². The molecule has 0 bridgehead atoms. The molecular weight excluding hydrogens is 261 g/mol. The van der Waals surface area contributed by atoms with Crippen LogP contribution in [-0.2, 0) is 11.2 Å². The molecule has 3 heterocycles. The summed E-state index contributed by atoms with van der Waals surface area (Å²) in [6, 6.07) is 5.80. The largest absolute Gasteiger partial charge is 0.366 e. The van der Waals surface area contributed by atoms with E-state index in [1.807, 2.05) is 28.7 Å². The molecule has 0 spiro atoms. The van der Waals surface area contributed by atoms with Crippen LogP contribution >= 0.6 is 24.8 Å². The summed E-state index contributed by atoms with van der Waals surface area (Å²) in [6.45, 7) is 0. The van der Waals surface area contributed by atoms with E-state index in [9.17, 15) is 4.79 Å². The van der Waals surface area contributed by atoms with Crippen molar-refractivity contribution in [1.82, 2.24) is 9.38 Å². The molecule has 0 fully saturated rings. The van der Waals surface area contributed by atoms with Crippen LogP contribution in [0, 0.1) is 0 Å². The maximum Gasteiger partial charge on any atom is 0.245 e. The van der Waals surface area contributed by atoms with Crippen LogP contribution in [0.4, 0.5) is 0 Å². The normalized spacial score (nSPS) is 12.4. The molecular formula is C11H11Cl2N3O. The molecule has 90 valence electrons. The first-order chi connectivity index (χ1) is 7.25. The first-order valence-electron chi connectivity index (χ1n) is 4.71. The van der Waals surface area contributed by atoms with Gasteiger partial charge in [-0.1, -0.05) is 6.07 Å². The van der Waals surface area contributed by atoms with Gasteiger partial charge in [-0.2, -0.15) is 0 Å². The molecule has 2 aromatic rings. The van der Waals surface area contributed by atoms with Gasteiger partial charge in [0.25, 0.3) is 0 Å². The van der Waals surface area contributed by atoms with Gasteiger partial charge >= 0.3 is 0 Å². The molecule has 0 saturated heterocycles. The number of halogens is 2. The maximum atomic E-state index is 11.1. The molecule has 2 N–H and O–H groups in total. The lowest BCUT2D eigenvalue weighted by Gasteiger charge is -2.12. The Balaban J connectivity index is 0.000000722. The third-order valence-electron chi connectivity index (χ3n) is 2.64. The minimum atomic E-state index is -0.362. The molecule has 0 aromatic carbocycles. The van der Waals surface area contributed by atoms with Gasteiger partial charge in [0.05, 0.1) is 0 Å². The number of pyridine rings is 1. The number of hydrogen-bond acceptors (Lipinski definition) is 2. The van der Waals surface area contributed by atoms with E-state index in [4.69, 9.17) is 5.73 Å². The number of imidazole rings is 1. The van der Waals surface area contributed by atoms with Crippen molar-refractivity contribution in [3.05, 3.63) is 41.4 Å². The van der Waals surface area contributed by atoms with Gasteiger partial charge in [-0.15, -0.1) is 24.8 Å². The highest BCUT2D eigenvalue weighted by atomic mass is 35.5. The summed E-state index contributed by atoms with van der Waals surface area (Å²) in [6.07, 6.45) is 4.17. The van der Waals surface area contributed by atoms with E-state index in [0.717, 1.165) is 17.0 Å². The van der Waals surface area contributed by atoms with Crippen molar-refractivity contribution < 1.29 is 4.79 Å². The van der Waals surface area contributed by atoms with Crippen molar-refractivity contribution in [3.8, 4) is 0 Å². The molecule has 17 heavy (non-hydrogen) atoms. The van der Waals surface area contributed by atoms with Crippen LogP contribution in [0.2, 0.25) is 0 Å². The third-order valence-corrected chi connectivity index (χ3v) is 2.64. The van der Waals surface area contributed by atoms with Gasteiger partial charge in [-0.25, -0.2) is 4.98 Å². The van der Waals surface area contributed by atoms with Crippen molar-refractivity contribution >= 4 is 42.4 Å². The summed E-state index contributed by atoms with van der Waals surface area (Å²) >= 11 is 0. The average molecular weight is 272 g/mol. The molecule has 6 heteroatoms. The van der Waals surface area contributed by atoms with Crippen LogP contribution in [0.3, 0.4) is 0 Å². The topological polar surface area (TPSA) is 60.4 Å². The number of nitrogens with zero attached hydrogens (tertiary/aromatic N) is 2. The standard InChI is InChI=1S/C11H9N3O.2ClH/c12-11(15)7-4-8-2-1-3-10-13-6-9(5-7)14(8)10;;/h1-4,6H,5H2,(H2,12,15);2*1H. The molecule has 4 nitrogen and oxygen atoms in total. The minimum absolute atomic E-state index is 0. The Bertz CT molecular complexity index is 604. The Morgan fingerprint density at radius 3 is 2.82 bits per heavy atom. The third kappa shape index (κ3) is 2.01. The fourth-order valence-corrected chi connectivity index (χ4v) is 1.95. The van der Waals surface area contributed by atoms with E-state index < -0.39 is 0 Å². The van der Waals surface area contributed by atoms with Crippen LogP contribution in [0.15, 0.2) is 30.0 Å². The monoisotopic (exact) mass is 271 g/mol. The van der Waals surface area contributed by atoms with Crippen LogP contribution < -0.4 is 5.73 Å². The van der Waals surface area contributed by atoms with Crippen molar-refractivity contribution in [2.75, 3.05) is 0 Å². The molecule has 0 aliphatic carbocycles. The molecule has 2 aromatic heterocycles. The number of primary amides is 1. The van der Waals surface area contributed by atoms with E-state index in [2.05, 4.69) is 4.98 Å². The van der Waals surface area contributed by atoms with E-state index in [1.54, 1.807) is 6.20 Å². The molecule has 0 atom stereocenters. The molecule has 0 unspecified atom stereocenters. The number of hydrogen-bond donors (Lipinski definition) is 1. The smallest absolute Gasteiger partial charge is 0.245 e. The lowest BCUT2D eigenvalue weighted by atomic mass is 10.1. The first-order valence-corrected chi connectivity index (χ1v) is 4.71. The molecule has 3 rings (SSSR count). The predicted octanol–water partition coefficient (Wildman–Crippen LogP) is 1.60. The van der Waals surface area contributed by atoms with Crippen molar-refractivity contribution in [3.63, 3.8) is 0 Å². The predicted molar refractivity (Wildman–Crippen MR) is 70.6 cm³/mol. The summed E-state index contributed by atoms with van der Waals surface area (Å²) in [7, 11) is 0. The van der Waals surface area contributed by atoms with Gasteiger partial charge in [0.2, 0.25) is 5.91 Å². The Labute approximate surface area is 110 Å². The Morgan fingerprint density at radius 1 is 1.35 bits per heavy atom. The zero-order valence-electron chi connectivity index (χ0n) is 8.79. The van der Waals surface area contributed by atoms with Crippen LogP contribution in [0.1, 0.15) is 11.4 Å². The van der Waals surface area contributed by atoms with Crippen LogP contribution in [0.25, 0.3) is 11.7 Å². The van der Waals surface area contributed by atoms with Crippen LogP contribution in [0.5, 0.6) is 0 Å². The Morgan fingerprint density at radius 2 is 2.12 bits per heavy atom. The summed E-state index contributed by atoms with van der Waals surface area (Å²) in [5, 5.41) is 0. The second kappa shape index (κ2) is 4.77. The van der Waals surface area contributed by atoms with E-state index in [1.165, 1.54) is 0 Å². The number of carbonyl (C=O) groups excluding carboxylic acids is 1. The number of amides is 1. The highest BCUT2D eigenvalue weighted by Gasteiger charge is 2.16. The lowest BCUT2D eigenvalue weighted by molar-refractivity contribution is -0.114.